The van der Waals surface area contributed by atoms with Crippen LogP contribution in [0.5, 0.6) is 5.75 Å². The predicted octanol–water partition coefficient (Wildman–Crippen LogP) is 3.21. The van der Waals surface area contributed by atoms with Crippen LogP contribution in [0.15, 0.2) is 24.3 Å². The molecule has 0 bridgehead atoms. The van der Waals surface area contributed by atoms with Gasteiger partial charge in [0.2, 0.25) is 0 Å². The third kappa shape index (κ3) is 1.66. The van der Waals surface area contributed by atoms with E-state index >= 15 is 0 Å². The highest BCUT2D eigenvalue weighted by Gasteiger charge is 2.49. The van der Waals surface area contributed by atoms with E-state index in [4.69, 9.17) is 10.5 Å². The van der Waals surface area contributed by atoms with E-state index in [-0.39, 0.29) is 11.6 Å². The Morgan fingerprint density at radius 1 is 1.24 bits per heavy atom. The van der Waals surface area contributed by atoms with Crippen LogP contribution in [-0.2, 0) is 0 Å². The quantitative estimate of drug-likeness (QED) is 0.805. The molecule has 1 aromatic carbocycles. The lowest BCUT2D eigenvalue weighted by Gasteiger charge is -2.39. The van der Waals surface area contributed by atoms with Crippen molar-refractivity contribution in [2.75, 3.05) is 0 Å². The molecule has 2 aliphatic rings. The lowest BCUT2D eigenvalue weighted by atomic mass is 9.71. The van der Waals surface area contributed by atoms with Gasteiger partial charge in [0.1, 0.15) is 11.4 Å². The van der Waals surface area contributed by atoms with Gasteiger partial charge in [-0.25, -0.2) is 0 Å². The molecule has 92 valence electrons. The standard InChI is InChI=1S/C15H21NO/c1-11(16)14-12-7-3-4-8-13(12)17-15(14)9-5-2-6-10-15/h3-4,7-8,11,14H,2,5-6,9-10,16H2,1H3. The molecular formula is C15H21NO. The zero-order valence-electron chi connectivity index (χ0n) is 10.5. The molecule has 0 radical (unpaired) electrons. The van der Waals surface area contributed by atoms with E-state index in [1.165, 1.54) is 24.8 Å². The summed E-state index contributed by atoms with van der Waals surface area (Å²) in [6.45, 7) is 2.12. The topological polar surface area (TPSA) is 35.2 Å². The third-order valence-corrected chi connectivity index (χ3v) is 4.36. The van der Waals surface area contributed by atoms with Gasteiger partial charge in [-0.2, -0.15) is 0 Å². The average Bonchev–Trinajstić information content (AvgIpc) is 2.63. The molecule has 0 saturated heterocycles. The maximum atomic E-state index is 6.33. The number of hydrogen-bond acceptors (Lipinski definition) is 2. The second kappa shape index (κ2) is 4.02. The Labute approximate surface area is 103 Å². The van der Waals surface area contributed by atoms with E-state index in [0.29, 0.717) is 5.92 Å². The summed E-state index contributed by atoms with van der Waals surface area (Å²) < 4.78 is 6.33. The van der Waals surface area contributed by atoms with E-state index in [2.05, 4.69) is 31.2 Å². The van der Waals surface area contributed by atoms with Gasteiger partial charge < -0.3 is 10.5 Å². The van der Waals surface area contributed by atoms with Gasteiger partial charge in [-0.3, -0.25) is 0 Å². The summed E-state index contributed by atoms with van der Waals surface area (Å²) in [5.74, 6) is 1.44. The number of hydrogen-bond donors (Lipinski definition) is 1. The Kier molecular flexibility index (Phi) is 2.62. The summed E-state index contributed by atoms with van der Waals surface area (Å²) in [5.41, 5.74) is 7.56. The first-order valence-electron chi connectivity index (χ1n) is 6.76. The Morgan fingerprint density at radius 2 is 1.94 bits per heavy atom. The maximum Gasteiger partial charge on any atom is 0.123 e. The molecule has 1 fully saturated rings. The number of nitrogens with two attached hydrogens (primary N) is 1. The zero-order chi connectivity index (χ0) is 11.9. The van der Waals surface area contributed by atoms with Crippen LogP contribution in [0, 0.1) is 0 Å². The highest BCUT2D eigenvalue weighted by molar-refractivity contribution is 5.44. The molecule has 0 aromatic heterocycles. The minimum absolute atomic E-state index is 0.00387. The van der Waals surface area contributed by atoms with Crippen LogP contribution >= 0.6 is 0 Å². The molecule has 1 aliphatic heterocycles. The van der Waals surface area contributed by atoms with E-state index in [0.717, 1.165) is 18.6 Å². The number of ether oxygens (including phenoxy) is 1. The second-order valence-electron chi connectivity index (χ2n) is 5.60. The van der Waals surface area contributed by atoms with Crippen molar-refractivity contribution in [3.05, 3.63) is 29.8 Å². The van der Waals surface area contributed by atoms with E-state index in [9.17, 15) is 0 Å². The van der Waals surface area contributed by atoms with Crippen LogP contribution in [0.2, 0.25) is 0 Å². The van der Waals surface area contributed by atoms with Crippen LogP contribution < -0.4 is 10.5 Å². The molecule has 2 nitrogen and oxygen atoms in total. The van der Waals surface area contributed by atoms with Crippen LogP contribution in [0.25, 0.3) is 0 Å². The number of para-hydroxylation sites is 1. The predicted molar refractivity (Wildman–Crippen MR) is 69.3 cm³/mol. The summed E-state index contributed by atoms with van der Waals surface area (Å²) in [7, 11) is 0. The maximum absolute atomic E-state index is 6.33. The van der Waals surface area contributed by atoms with Gasteiger partial charge in [-0.1, -0.05) is 24.6 Å². The third-order valence-electron chi connectivity index (χ3n) is 4.36. The van der Waals surface area contributed by atoms with E-state index in [1.807, 2.05) is 0 Å². The van der Waals surface area contributed by atoms with Crippen LogP contribution in [-0.4, -0.2) is 11.6 Å². The fourth-order valence-corrected chi connectivity index (χ4v) is 3.72. The molecular weight excluding hydrogens is 210 g/mol. The summed E-state index contributed by atoms with van der Waals surface area (Å²) in [4.78, 5) is 0. The largest absolute Gasteiger partial charge is 0.486 e. The van der Waals surface area contributed by atoms with Crippen molar-refractivity contribution in [3.63, 3.8) is 0 Å². The summed E-state index contributed by atoms with van der Waals surface area (Å²) in [5, 5.41) is 0. The van der Waals surface area contributed by atoms with Crippen LogP contribution in [0.4, 0.5) is 0 Å². The average molecular weight is 231 g/mol. The number of rotatable bonds is 1. The second-order valence-corrected chi connectivity index (χ2v) is 5.60. The van der Waals surface area contributed by atoms with Crippen molar-refractivity contribution in [1.82, 2.24) is 0 Å². The molecule has 17 heavy (non-hydrogen) atoms. The van der Waals surface area contributed by atoms with Gasteiger partial charge >= 0.3 is 0 Å². The fraction of sp³-hybridized carbons (Fsp3) is 0.600. The Morgan fingerprint density at radius 3 is 2.65 bits per heavy atom. The minimum Gasteiger partial charge on any atom is -0.486 e. The Bertz CT molecular complexity index is 407. The van der Waals surface area contributed by atoms with Crippen LogP contribution in [0.3, 0.4) is 0 Å². The van der Waals surface area contributed by atoms with Crippen molar-refractivity contribution < 1.29 is 4.74 Å². The van der Waals surface area contributed by atoms with Crippen molar-refractivity contribution in [3.8, 4) is 5.75 Å². The van der Waals surface area contributed by atoms with Crippen molar-refractivity contribution in [2.24, 2.45) is 5.73 Å². The lowest BCUT2D eigenvalue weighted by molar-refractivity contribution is 0.0231. The monoisotopic (exact) mass is 231 g/mol. The van der Waals surface area contributed by atoms with E-state index in [1.54, 1.807) is 0 Å². The van der Waals surface area contributed by atoms with E-state index < -0.39 is 0 Å². The lowest BCUT2D eigenvalue weighted by Crippen LogP contribution is -2.46. The molecule has 1 spiro atoms. The molecule has 1 aliphatic carbocycles. The highest BCUT2D eigenvalue weighted by Crippen LogP contribution is 2.52. The molecule has 3 rings (SSSR count). The first kappa shape index (κ1) is 11.1. The van der Waals surface area contributed by atoms with Gasteiger partial charge in [0.05, 0.1) is 0 Å². The molecule has 1 heterocycles. The highest BCUT2D eigenvalue weighted by atomic mass is 16.5. The number of benzene rings is 1. The molecule has 2 N–H and O–H groups in total. The van der Waals surface area contributed by atoms with Crippen molar-refractivity contribution in [1.29, 1.82) is 0 Å². The first-order valence-corrected chi connectivity index (χ1v) is 6.76. The molecule has 2 atom stereocenters. The summed E-state index contributed by atoms with van der Waals surface area (Å²) in [6, 6.07) is 8.59. The smallest absolute Gasteiger partial charge is 0.123 e. The molecule has 1 aromatic rings. The van der Waals surface area contributed by atoms with Gasteiger partial charge in [-0.05, 0) is 38.7 Å². The SMILES string of the molecule is CC(N)C1c2ccccc2OC12CCCCC2. The van der Waals surface area contributed by atoms with Gasteiger partial charge in [0.15, 0.2) is 0 Å². The molecule has 0 amide bonds. The molecule has 2 unspecified atom stereocenters. The molecule has 1 saturated carbocycles. The van der Waals surface area contributed by atoms with Gasteiger partial charge in [-0.15, -0.1) is 0 Å². The zero-order valence-corrected chi connectivity index (χ0v) is 10.5. The number of fused-ring (bicyclic) bond motifs is 1. The normalized spacial score (nSPS) is 27.5. The fourth-order valence-electron chi connectivity index (χ4n) is 3.72. The summed E-state index contributed by atoms with van der Waals surface area (Å²) >= 11 is 0. The van der Waals surface area contributed by atoms with Crippen LogP contribution in [0.1, 0.15) is 50.5 Å². The van der Waals surface area contributed by atoms with Crippen molar-refractivity contribution >= 4 is 0 Å². The Hall–Kier alpha value is -1.02. The van der Waals surface area contributed by atoms with Gasteiger partial charge in [0, 0.05) is 17.5 Å². The molecule has 2 heteroatoms. The van der Waals surface area contributed by atoms with Crippen molar-refractivity contribution in [2.45, 2.75) is 56.6 Å². The summed E-state index contributed by atoms with van der Waals surface area (Å²) in [6.07, 6.45) is 6.21. The van der Waals surface area contributed by atoms with Gasteiger partial charge in [0.25, 0.3) is 0 Å². The minimum atomic E-state index is -0.00387. The first-order chi connectivity index (χ1) is 8.23. The Balaban J connectivity index is 2.02.